The van der Waals surface area contributed by atoms with Gasteiger partial charge in [-0.15, -0.1) is 36.2 Å². The lowest BCUT2D eigenvalue weighted by molar-refractivity contribution is 0.0741. The number of nitrogens with zero attached hydrogens (tertiary/aromatic N) is 2. The van der Waals surface area contributed by atoms with Crippen LogP contribution in [0.3, 0.4) is 0 Å². The second kappa shape index (κ2) is 7.22. The van der Waals surface area contributed by atoms with Crippen LogP contribution in [0.4, 0.5) is 0 Å². The van der Waals surface area contributed by atoms with Gasteiger partial charge in [0.2, 0.25) is 0 Å². The maximum atomic E-state index is 12.4. The van der Waals surface area contributed by atoms with Crippen molar-refractivity contribution in [3.8, 4) is 0 Å². The van der Waals surface area contributed by atoms with Crippen molar-refractivity contribution in [2.75, 3.05) is 13.1 Å². The van der Waals surface area contributed by atoms with E-state index in [1.165, 1.54) is 0 Å². The number of rotatable bonds is 2. The summed E-state index contributed by atoms with van der Waals surface area (Å²) >= 11 is 1.56. The maximum absolute atomic E-state index is 12.4. The zero-order valence-electron chi connectivity index (χ0n) is 10.8. The van der Waals surface area contributed by atoms with Gasteiger partial charge in [-0.05, 0) is 31.0 Å². The molecule has 1 aromatic heterocycles. The van der Waals surface area contributed by atoms with E-state index in [2.05, 4.69) is 4.98 Å². The SMILES string of the molecule is Cl.Cl.NCC1CCCN1C(=O)c1ccc2ncsc2c1. The molecule has 7 heteroatoms. The van der Waals surface area contributed by atoms with Crippen molar-refractivity contribution in [2.45, 2.75) is 18.9 Å². The van der Waals surface area contributed by atoms with Crippen LogP contribution in [0, 0.1) is 0 Å². The zero-order valence-corrected chi connectivity index (χ0v) is 13.3. The van der Waals surface area contributed by atoms with E-state index < -0.39 is 0 Å². The number of aromatic nitrogens is 1. The minimum absolute atomic E-state index is 0. The van der Waals surface area contributed by atoms with Gasteiger partial charge in [0.05, 0.1) is 15.7 Å². The fourth-order valence-electron chi connectivity index (χ4n) is 2.50. The maximum Gasteiger partial charge on any atom is 0.254 e. The minimum atomic E-state index is 0. The number of amides is 1. The molecule has 2 heterocycles. The Hall–Kier alpha value is -0.880. The second-order valence-electron chi connectivity index (χ2n) is 4.57. The summed E-state index contributed by atoms with van der Waals surface area (Å²) in [6.45, 7) is 1.37. The van der Waals surface area contributed by atoms with Crippen molar-refractivity contribution < 1.29 is 4.79 Å². The summed E-state index contributed by atoms with van der Waals surface area (Å²) in [5.41, 5.74) is 9.21. The number of benzene rings is 1. The molecular formula is C13H17Cl2N3OS. The van der Waals surface area contributed by atoms with Crippen LogP contribution in [0.25, 0.3) is 10.2 Å². The van der Waals surface area contributed by atoms with Crippen LogP contribution in [0.15, 0.2) is 23.7 Å². The van der Waals surface area contributed by atoms with E-state index in [-0.39, 0.29) is 36.8 Å². The van der Waals surface area contributed by atoms with Crippen LogP contribution in [0.1, 0.15) is 23.2 Å². The molecule has 20 heavy (non-hydrogen) atoms. The van der Waals surface area contributed by atoms with Crippen molar-refractivity contribution >= 4 is 52.3 Å². The molecule has 4 nitrogen and oxygen atoms in total. The summed E-state index contributed by atoms with van der Waals surface area (Å²) in [5.74, 6) is 0.0956. The number of likely N-dealkylation sites (tertiary alicyclic amines) is 1. The van der Waals surface area contributed by atoms with Crippen molar-refractivity contribution in [1.29, 1.82) is 0 Å². The minimum Gasteiger partial charge on any atom is -0.334 e. The normalized spacial score (nSPS) is 17.6. The summed E-state index contributed by atoms with van der Waals surface area (Å²) in [7, 11) is 0. The average Bonchev–Trinajstić information content (AvgIpc) is 3.05. The standard InChI is InChI=1S/C13H15N3OS.2ClH/c14-7-10-2-1-5-16(10)13(17)9-3-4-11-12(6-9)18-8-15-11;;/h3-4,6,8,10H,1-2,5,7,14H2;2*1H. The third-order valence-electron chi connectivity index (χ3n) is 3.49. The fourth-order valence-corrected chi connectivity index (χ4v) is 3.22. The Kier molecular flexibility index (Phi) is 6.20. The van der Waals surface area contributed by atoms with Crippen LogP contribution in [0.2, 0.25) is 0 Å². The van der Waals surface area contributed by atoms with Gasteiger partial charge in [0.15, 0.2) is 0 Å². The number of fused-ring (bicyclic) bond motifs is 1. The van der Waals surface area contributed by atoms with Crippen LogP contribution in [0.5, 0.6) is 0 Å². The molecule has 2 N–H and O–H groups in total. The summed E-state index contributed by atoms with van der Waals surface area (Å²) in [6, 6.07) is 5.90. The molecule has 3 rings (SSSR count). The topological polar surface area (TPSA) is 59.2 Å². The molecule has 0 bridgehead atoms. The number of nitrogens with two attached hydrogens (primary N) is 1. The van der Waals surface area contributed by atoms with Gasteiger partial charge in [0.1, 0.15) is 0 Å². The molecule has 1 unspecified atom stereocenters. The Bertz CT molecular complexity index is 590. The summed E-state index contributed by atoms with van der Waals surface area (Å²) in [4.78, 5) is 18.6. The van der Waals surface area contributed by atoms with Gasteiger partial charge < -0.3 is 10.6 Å². The second-order valence-corrected chi connectivity index (χ2v) is 5.45. The lowest BCUT2D eigenvalue weighted by Gasteiger charge is -2.23. The van der Waals surface area contributed by atoms with Crippen molar-refractivity contribution in [2.24, 2.45) is 5.73 Å². The molecule has 0 spiro atoms. The van der Waals surface area contributed by atoms with E-state index in [1.54, 1.807) is 16.8 Å². The Labute approximate surface area is 134 Å². The number of thiazole rings is 1. The number of hydrogen-bond acceptors (Lipinski definition) is 4. The molecule has 1 aliphatic rings. The number of halogens is 2. The van der Waals surface area contributed by atoms with Crippen LogP contribution in [-0.2, 0) is 0 Å². The largest absolute Gasteiger partial charge is 0.334 e. The molecule has 1 fully saturated rings. The molecule has 1 aromatic carbocycles. The third kappa shape index (κ3) is 3.06. The third-order valence-corrected chi connectivity index (χ3v) is 4.28. The predicted octanol–water partition coefficient (Wildman–Crippen LogP) is 2.70. The van der Waals surface area contributed by atoms with Gasteiger partial charge in [-0.25, -0.2) is 4.98 Å². The summed E-state index contributed by atoms with van der Waals surface area (Å²) < 4.78 is 1.06. The highest BCUT2D eigenvalue weighted by molar-refractivity contribution is 7.16. The monoisotopic (exact) mass is 333 g/mol. The van der Waals surface area contributed by atoms with E-state index in [0.29, 0.717) is 6.54 Å². The Morgan fingerprint density at radius 3 is 3.00 bits per heavy atom. The van der Waals surface area contributed by atoms with E-state index >= 15 is 0 Å². The molecule has 1 amide bonds. The van der Waals surface area contributed by atoms with Gasteiger partial charge in [0, 0.05) is 24.7 Å². The van der Waals surface area contributed by atoms with Crippen LogP contribution in [-0.4, -0.2) is 34.9 Å². The highest BCUT2D eigenvalue weighted by Crippen LogP contribution is 2.23. The first-order chi connectivity index (χ1) is 8.79. The first-order valence-corrected chi connectivity index (χ1v) is 7.02. The van der Waals surface area contributed by atoms with E-state index in [9.17, 15) is 4.79 Å². The number of hydrogen-bond donors (Lipinski definition) is 1. The van der Waals surface area contributed by atoms with Crippen molar-refractivity contribution in [3.63, 3.8) is 0 Å². The molecule has 1 atom stereocenters. The predicted molar refractivity (Wildman–Crippen MR) is 87.2 cm³/mol. The molecular weight excluding hydrogens is 317 g/mol. The van der Waals surface area contributed by atoms with Gasteiger partial charge in [-0.3, -0.25) is 4.79 Å². The molecule has 2 aromatic rings. The lowest BCUT2D eigenvalue weighted by Crippen LogP contribution is -2.39. The van der Waals surface area contributed by atoms with Gasteiger partial charge in [-0.2, -0.15) is 0 Å². The molecule has 1 saturated heterocycles. The van der Waals surface area contributed by atoms with Gasteiger partial charge in [0.25, 0.3) is 5.91 Å². The Morgan fingerprint density at radius 2 is 2.25 bits per heavy atom. The lowest BCUT2D eigenvalue weighted by atomic mass is 10.1. The first kappa shape index (κ1) is 17.2. The molecule has 1 aliphatic heterocycles. The Balaban J connectivity index is 0.000001000. The molecule has 0 saturated carbocycles. The zero-order chi connectivity index (χ0) is 12.5. The highest BCUT2D eigenvalue weighted by Gasteiger charge is 2.28. The van der Waals surface area contributed by atoms with Crippen molar-refractivity contribution in [1.82, 2.24) is 9.88 Å². The summed E-state index contributed by atoms with van der Waals surface area (Å²) in [5, 5.41) is 0. The average molecular weight is 334 g/mol. The number of carbonyl (C=O) groups excluding carboxylic acids is 1. The molecule has 0 aliphatic carbocycles. The van der Waals surface area contributed by atoms with Gasteiger partial charge >= 0.3 is 0 Å². The molecule has 0 radical (unpaired) electrons. The highest BCUT2D eigenvalue weighted by atomic mass is 35.5. The number of carbonyl (C=O) groups is 1. The quantitative estimate of drug-likeness (QED) is 0.919. The molecule has 110 valence electrons. The van der Waals surface area contributed by atoms with Gasteiger partial charge in [-0.1, -0.05) is 0 Å². The Morgan fingerprint density at radius 1 is 1.45 bits per heavy atom. The van der Waals surface area contributed by atoms with Crippen LogP contribution >= 0.6 is 36.2 Å². The summed E-state index contributed by atoms with van der Waals surface area (Å²) in [6.07, 6.45) is 2.07. The van der Waals surface area contributed by atoms with E-state index in [1.807, 2.05) is 23.1 Å². The smallest absolute Gasteiger partial charge is 0.254 e. The fraction of sp³-hybridized carbons (Fsp3) is 0.385. The van der Waals surface area contributed by atoms with E-state index in [4.69, 9.17) is 5.73 Å². The van der Waals surface area contributed by atoms with Crippen molar-refractivity contribution in [3.05, 3.63) is 29.3 Å². The first-order valence-electron chi connectivity index (χ1n) is 6.14. The van der Waals surface area contributed by atoms with E-state index in [0.717, 1.165) is 35.2 Å². The van der Waals surface area contributed by atoms with Crippen LogP contribution < -0.4 is 5.73 Å².